The molecule has 4 nitrogen and oxygen atoms in total. The summed E-state index contributed by atoms with van der Waals surface area (Å²) in [7, 11) is 1.34. The zero-order valence-electron chi connectivity index (χ0n) is 17.1. The molecule has 1 heterocycles. The Hall–Kier alpha value is -1.04. The lowest BCUT2D eigenvalue weighted by Gasteiger charge is -2.32. The molecule has 0 spiro atoms. The molecule has 0 radical (unpaired) electrons. The maximum absolute atomic E-state index is 6.22. The van der Waals surface area contributed by atoms with Gasteiger partial charge < -0.3 is 18.8 Å². The Bertz CT molecular complexity index is 612. The molecule has 3 rings (SSSR count). The third-order valence-corrected chi connectivity index (χ3v) is 6.19. The van der Waals surface area contributed by atoms with Crippen molar-refractivity contribution in [3.63, 3.8) is 0 Å². The molecule has 1 aliphatic heterocycles. The van der Waals surface area contributed by atoms with Gasteiger partial charge in [-0.25, -0.2) is 0 Å². The first-order valence-corrected chi connectivity index (χ1v) is 9.86. The summed E-state index contributed by atoms with van der Waals surface area (Å²) in [5.41, 5.74) is 1.39. The van der Waals surface area contributed by atoms with Crippen molar-refractivity contribution >= 4 is 12.6 Å². The van der Waals surface area contributed by atoms with Crippen molar-refractivity contribution in [2.24, 2.45) is 5.92 Å². The highest BCUT2D eigenvalue weighted by Gasteiger charge is 2.51. The van der Waals surface area contributed by atoms with E-state index in [0.717, 1.165) is 35.5 Å². The van der Waals surface area contributed by atoms with Crippen LogP contribution in [0, 0.1) is 5.92 Å². The molecule has 1 aromatic rings. The summed E-state index contributed by atoms with van der Waals surface area (Å²) in [5, 5.41) is 0. The lowest BCUT2D eigenvalue weighted by molar-refractivity contribution is 0.00397. The molecule has 1 aliphatic carbocycles. The molecule has 0 aromatic heterocycles. The maximum Gasteiger partial charge on any atom is 0.494 e. The fourth-order valence-corrected chi connectivity index (χ4v) is 3.77. The smallest absolute Gasteiger partial charge is 0.494 e. The molecule has 0 amide bonds. The third-order valence-electron chi connectivity index (χ3n) is 6.19. The van der Waals surface area contributed by atoms with E-state index in [9.17, 15) is 0 Å². The fourth-order valence-electron chi connectivity index (χ4n) is 3.77. The predicted molar refractivity (Wildman–Crippen MR) is 105 cm³/mol. The zero-order valence-corrected chi connectivity index (χ0v) is 17.1. The summed E-state index contributed by atoms with van der Waals surface area (Å²) in [6, 6.07) is 6.11. The summed E-state index contributed by atoms with van der Waals surface area (Å²) in [6.45, 7) is 11.2. The van der Waals surface area contributed by atoms with E-state index >= 15 is 0 Å². The van der Waals surface area contributed by atoms with Crippen LogP contribution in [0.5, 0.6) is 5.75 Å². The zero-order chi connectivity index (χ0) is 18.9. The van der Waals surface area contributed by atoms with Gasteiger partial charge in [-0.2, -0.15) is 0 Å². The average molecular weight is 360 g/mol. The van der Waals surface area contributed by atoms with Crippen LogP contribution < -0.4 is 10.2 Å². The Morgan fingerprint density at radius 1 is 1.12 bits per heavy atom. The van der Waals surface area contributed by atoms with Crippen molar-refractivity contribution in [2.75, 3.05) is 7.11 Å². The van der Waals surface area contributed by atoms with Gasteiger partial charge in [0.25, 0.3) is 0 Å². The molecule has 1 aromatic carbocycles. The molecule has 2 atom stereocenters. The van der Waals surface area contributed by atoms with E-state index in [1.54, 1.807) is 7.11 Å². The largest absolute Gasteiger partial charge is 0.496 e. The highest BCUT2D eigenvalue weighted by Crippen LogP contribution is 2.37. The van der Waals surface area contributed by atoms with Crippen LogP contribution in [0.3, 0.4) is 0 Å². The number of rotatable bonds is 5. The van der Waals surface area contributed by atoms with E-state index in [-0.39, 0.29) is 18.3 Å². The Kier molecular flexibility index (Phi) is 5.71. The molecule has 5 heteroatoms. The summed E-state index contributed by atoms with van der Waals surface area (Å²) in [6.07, 6.45) is 5.24. The molecule has 1 saturated heterocycles. The minimum Gasteiger partial charge on any atom is -0.496 e. The Morgan fingerprint density at radius 2 is 1.81 bits per heavy atom. The van der Waals surface area contributed by atoms with Crippen molar-refractivity contribution in [3.05, 3.63) is 23.8 Å². The lowest BCUT2D eigenvalue weighted by Crippen LogP contribution is -2.41. The number of methoxy groups -OCH3 is 1. The number of hydrogen-bond donors (Lipinski definition) is 0. The summed E-state index contributed by atoms with van der Waals surface area (Å²) < 4.78 is 24.1. The first-order valence-electron chi connectivity index (χ1n) is 9.86. The van der Waals surface area contributed by atoms with Crippen molar-refractivity contribution < 1.29 is 18.8 Å². The summed E-state index contributed by atoms with van der Waals surface area (Å²) in [5.74, 6) is 1.61. The van der Waals surface area contributed by atoms with Gasteiger partial charge in [-0.05, 0) is 58.0 Å². The van der Waals surface area contributed by atoms with Gasteiger partial charge in [0.15, 0.2) is 0 Å². The van der Waals surface area contributed by atoms with Gasteiger partial charge in [-0.1, -0.05) is 31.9 Å². The average Bonchev–Trinajstić information content (AvgIpc) is 2.80. The van der Waals surface area contributed by atoms with E-state index in [1.165, 1.54) is 12.8 Å². The van der Waals surface area contributed by atoms with Gasteiger partial charge in [0, 0.05) is 5.56 Å². The van der Waals surface area contributed by atoms with E-state index in [1.807, 2.05) is 12.1 Å². The normalized spacial score (nSPS) is 27.5. The number of benzene rings is 1. The molecule has 1 saturated carbocycles. The third kappa shape index (κ3) is 4.10. The Morgan fingerprint density at radius 3 is 2.42 bits per heavy atom. The van der Waals surface area contributed by atoms with Crippen LogP contribution in [-0.2, 0) is 20.7 Å². The van der Waals surface area contributed by atoms with Gasteiger partial charge >= 0.3 is 7.12 Å². The van der Waals surface area contributed by atoms with Gasteiger partial charge in [0.2, 0.25) is 0 Å². The fraction of sp³-hybridized carbons (Fsp3) is 0.714. The van der Waals surface area contributed by atoms with Crippen molar-refractivity contribution in [3.8, 4) is 5.75 Å². The van der Waals surface area contributed by atoms with Crippen LogP contribution in [0.4, 0.5) is 0 Å². The first kappa shape index (κ1) is 19.7. The van der Waals surface area contributed by atoms with Crippen LogP contribution in [0.25, 0.3) is 0 Å². The Labute approximate surface area is 158 Å². The van der Waals surface area contributed by atoms with E-state index in [4.69, 9.17) is 18.8 Å². The summed E-state index contributed by atoms with van der Waals surface area (Å²) >= 11 is 0. The quantitative estimate of drug-likeness (QED) is 0.741. The minimum absolute atomic E-state index is 0.341. The second-order valence-corrected chi connectivity index (χ2v) is 8.86. The standard InChI is InChI=1S/C21H33BO4/c1-15-8-7-9-18(12-15)24-14-16-13-17(10-11-19(16)23-6)22-25-20(2,3)21(4,5)26-22/h10-11,13,15,18H,7-9,12,14H2,1-6H3. The number of ether oxygens (including phenoxy) is 2. The predicted octanol–water partition coefficient (Wildman–Crippen LogP) is 4.09. The molecule has 2 fully saturated rings. The van der Waals surface area contributed by atoms with Crippen LogP contribution >= 0.6 is 0 Å². The molecule has 2 aliphatic rings. The van der Waals surface area contributed by atoms with Crippen molar-refractivity contribution in [1.29, 1.82) is 0 Å². The van der Waals surface area contributed by atoms with E-state index in [2.05, 4.69) is 40.7 Å². The monoisotopic (exact) mass is 360 g/mol. The molecular weight excluding hydrogens is 327 g/mol. The number of hydrogen-bond acceptors (Lipinski definition) is 4. The van der Waals surface area contributed by atoms with Crippen LogP contribution in [0.15, 0.2) is 18.2 Å². The highest BCUT2D eigenvalue weighted by atomic mass is 16.7. The van der Waals surface area contributed by atoms with E-state index in [0.29, 0.717) is 12.7 Å². The highest BCUT2D eigenvalue weighted by molar-refractivity contribution is 6.62. The van der Waals surface area contributed by atoms with Crippen LogP contribution in [0.2, 0.25) is 0 Å². The molecule has 144 valence electrons. The van der Waals surface area contributed by atoms with Gasteiger partial charge in [0.1, 0.15) is 5.75 Å². The van der Waals surface area contributed by atoms with Gasteiger partial charge in [0.05, 0.1) is 31.0 Å². The molecule has 26 heavy (non-hydrogen) atoms. The molecule has 0 N–H and O–H groups in total. The topological polar surface area (TPSA) is 36.9 Å². The maximum atomic E-state index is 6.22. The van der Waals surface area contributed by atoms with Crippen LogP contribution in [0.1, 0.15) is 65.9 Å². The Balaban J connectivity index is 1.73. The molecule has 2 unspecified atom stereocenters. The second-order valence-electron chi connectivity index (χ2n) is 8.86. The van der Waals surface area contributed by atoms with Crippen molar-refractivity contribution in [2.45, 2.75) is 84.2 Å². The van der Waals surface area contributed by atoms with Crippen molar-refractivity contribution in [1.82, 2.24) is 0 Å². The minimum atomic E-state index is -0.362. The molecule has 0 bridgehead atoms. The molecular formula is C21H33BO4. The summed E-state index contributed by atoms with van der Waals surface area (Å²) in [4.78, 5) is 0. The van der Waals surface area contributed by atoms with Gasteiger partial charge in [-0.15, -0.1) is 0 Å². The van der Waals surface area contributed by atoms with Gasteiger partial charge in [-0.3, -0.25) is 0 Å². The van der Waals surface area contributed by atoms with Crippen LogP contribution in [-0.4, -0.2) is 31.5 Å². The first-order chi connectivity index (χ1) is 12.2. The van der Waals surface area contributed by atoms with E-state index < -0.39 is 0 Å². The second kappa shape index (κ2) is 7.53. The lowest BCUT2D eigenvalue weighted by atomic mass is 9.78. The SMILES string of the molecule is COc1ccc(B2OC(C)(C)C(C)(C)O2)cc1COC1CCCC(C)C1.